The summed E-state index contributed by atoms with van der Waals surface area (Å²) in [6, 6.07) is 0. The Hall–Kier alpha value is -1.22. The van der Waals surface area contributed by atoms with Crippen LogP contribution in [0.1, 0.15) is 19.8 Å². The van der Waals surface area contributed by atoms with E-state index in [2.05, 4.69) is 9.47 Å². The molecule has 2 atom stereocenters. The summed E-state index contributed by atoms with van der Waals surface area (Å²) >= 11 is -2.26. The van der Waals surface area contributed by atoms with Gasteiger partial charge >= 0.3 is 12.1 Å². The second kappa shape index (κ2) is 9.77. The molecule has 1 amide bonds. The number of esters is 1. The van der Waals surface area contributed by atoms with Gasteiger partial charge in [0.25, 0.3) is 0 Å². The van der Waals surface area contributed by atoms with Gasteiger partial charge in [0.1, 0.15) is 6.17 Å². The Bertz CT molecular complexity index is 301. The van der Waals surface area contributed by atoms with Gasteiger partial charge in [-0.05, 0) is 6.42 Å². The Kier molecular flexibility index (Phi) is 9.11. The largest absolute Gasteiger partial charge is 0.428 e. The number of halogens is 1. The number of carbonyl (C=O) groups excluding carboxylic acids is 2. The van der Waals surface area contributed by atoms with Crippen molar-refractivity contribution in [1.29, 1.82) is 0 Å². The number of alkyl carbamates (subject to hydrolysis) is 1. The number of rotatable bonds is 8. The molecule has 7 nitrogen and oxygen atoms in total. The minimum Gasteiger partial charge on any atom is -0.428 e. The van der Waals surface area contributed by atoms with Crippen molar-refractivity contribution in [1.82, 2.24) is 5.32 Å². The molecular weight excluding hydrogens is 269 g/mol. The van der Waals surface area contributed by atoms with Gasteiger partial charge in [-0.15, -0.1) is 0 Å². The van der Waals surface area contributed by atoms with Crippen molar-refractivity contribution in [2.75, 3.05) is 19.1 Å². The highest BCUT2D eigenvalue weighted by Gasteiger charge is 2.12. The van der Waals surface area contributed by atoms with E-state index in [1.54, 1.807) is 6.92 Å². The average molecular weight is 285 g/mol. The molecule has 0 rings (SSSR count). The topological polar surface area (TPSA) is 102 Å². The highest BCUT2D eigenvalue weighted by molar-refractivity contribution is 7.79. The van der Waals surface area contributed by atoms with Gasteiger partial charge in [0.2, 0.25) is 6.79 Å². The molecule has 0 aliphatic carbocycles. The quantitative estimate of drug-likeness (QED) is 0.384. The molecule has 0 radical (unpaired) electrons. The van der Waals surface area contributed by atoms with E-state index in [9.17, 15) is 18.2 Å². The molecule has 0 aliphatic rings. The lowest BCUT2D eigenvalue weighted by atomic mass is 10.3. The Balaban J connectivity index is 3.59. The summed E-state index contributed by atoms with van der Waals surface area (Å²) in [4.78, 5) is 21.8. The van der Waals surface area contributed by atoms with Crippen molar-refractivity contribution in [2.24, 2.45) is 0 Å². The van der Waals surface area contributed by atoms with E-state index in [4.69, 9.17) is 4.55 Å². The van der Waals surface area contributed by atoms with Crippen molar-refractivity contribution < 1.29 is 32.2 Å². The molecule has 0 saturated carbocycles. The fourth-order valence-electron chi connectivity index (χ4n) is 0.884. The van der Waals surface area contributed by atoms with E-state index < -0.39 is 48.4 Å². The minimum absolute atomic E-state index is 0.222. The Morgan fingerprint density at radius 2 is 2.11 bits per heavy atom. The normalized spacial score (nSPS) is 13.5. The lowest BCUT2D eigenvalue weighted by Gasteiger charge is -2.09. The molecule has 0 heterocycles. The average Bonchev–Trinajstić information content (AvgIpc) is 2.26. The highest BCUT2D eigenvalue weighted by atomic mass is 32.2. The van der Waals surface area contributed by atoms with Crippen molar-refractivity contribution in [3.8, 4) is 0 Å². The van der Waals surface area contributed by atoms with Gasteiger partial charge in [-0.25, -0.2) is 13.4 Å². The molecule has 0 aliphatic heterocycles. The molecule has 0 aromatic rings. The number of alkyl halides is 1. The van der Waals surface area contributed by atoms with Crippen molar-refractivity contribution in [2.45, 2.75) is 25.9 Å². The summed E-state index contributed by atoms with van der Waals surface area (Å²) < 4.78 is 40.4. The Morgan fingerprint density at radius 3 is 2.67 bits per heavy atom. The molecule has 106 valence electrons. The molecule has 0 aromatic heterocycles. The molecule has 1 unspecified atom stereocenters. The van der Waals surface area contributed by atoms with E-state index in [-0.39, 0.29) is 6.42 Å². The van der Waals surface area contributed by atoms with Gasteiger partial charge in [-0.1, -0.05) is 6.92 Å². The minimum atomic E-state index is -2.26. The Morgan fingerprint density at radius 1 is 1.44 bits per heavy atom. The maximum Gasteiger partial charge on any atom is 0.410 e. The summed E-state index contributed by atoms with van der Waals surface area (Å²) in [5.41, 5.74) is 0. The van der Waals surface area contributed by atoms with Gasteiger partial charge in [0.15, 0.2) is 11.1 Å². The first-order valence-corrected chi connectivity index (χ1v) is 6.51. The van der Waals surface area contributed by atoms with Crippen LogP contribution in [0.5, 0.6) is 0 Å². The van der Waals surface area contributed by atoms with Crippen LogP contribution in [0.2, 0.25) is 0 Å². The lowest BCUT2D eigenvalue weighted by molar-refractivity contribution is -0.151. The maximum atomic E-state index is 12.9. The number of hydrogen-bond acceptors (Lipinski definition) is 5. The molecule has 0 bridgehead atoms. The van der Waals surface area contributed by atoms with Gasteiger partial charge < -0.3 is 19.3 Å². The van der Waals surface area contributed by atoms with Crippen LogP contribution >= 0.6 is 0 Å². The van der Waals surface area contributed by atoms with Crippen LogP contribution in [0.4, 0.5) is 9.18 Å². The van der Waals surface area contributed by atoms with Crippen LogP contribution < -0.4 is 5.32 Å². The highest BCUT2D eigenvalue weighted by Crippen LogP contribution is 1.93. The molecule has 0 aromatic carbocycles. The smallest absolute Gasteiger partial charge is 0.410 e. The summed E-state index contributed by atoms with van der Waals surface area (Å²) in [5.74, 6) is -1.09. The van der Waals surface area contributed by atoms with Crippen molar-refractivity contribution in [3.05, 3.63) is 0 Å². The van der Waals surface area contributed by atoms with Gasteiger partial charge in [-0.3, -0.25) is 4.79 Å². The van der Waals surface area contributed by atoms with Gasteiger partial charge in [-0.2, -0.15) is 0 Å². The zero-order chi connectivity index (χ0) is 14.0. The molecule has 0 saturated heterocycles. The van der Waals surface area contributed by atoms with Crippen LogP contribution in [0.25, 0.3) is 0 Å². The van der Waals surface area contributed by atoms with E-state index in [1.807, 2.05) is 5.32 Å². The zero-order valence-corrected chi connectivity index (χ0v) is 10.7. The van der Waals surface area contributed by atoms with Crippen LogP contribution in [-0.4, -0.2) is 46.1 Å². The predicted molar refractivity (Wildman–Crippen MR) is 60.9 cm³/mol. The first-order chi connectivity index (χ1) is 8.45. The molecule has 9 heteroatoms. The number of ether oxygens (including phenoxy) is 2. The van der Waals surface area contributed by atoms with Crippen molar-refractivity contribution >= 4 is 23.1 Å². The standard InChI is InChI=1S/C9H16FNO6S/c1-2-3-8(12)16-6-17-9(13)11-4-7(10)5-18(14)15/h7H,2-6H2,1H3,(H,11,13)(H,14,15)/t7-/m0/s1. The molecular formula is C9H16FNO6S. The third kappa shape index (κ3) is 9.97. The summed E-state index contributed by atoms with van der Waals surface area (Å²) in [6.45, 7) is 0.795. The zero-order valence-electron chi connectivity index (χ0n) is 9.89. The second-order valence-electron chi connectivity index (χ2n) is 3.28. The third-order valence-electron chi connectivity index (χ3n) is 1.66. The maximum absolute atomic E-state index is 12.9. The van der Waals surface area contributed by atoms with Crippen molar-refractivity contribution in [3.63, 3.8) is 0 Å². The van der Waals surface area contributed by atoms with Crippen LogP contribution in [0, 0.1) is 0 Å². The second-order valence-corrected chi connectivity index (χ2v) is 4.26. The predicted octanol–water partition coefficient (Wildman–Crippen LogP) is 0.573. The number of amides is 1. The Labute approximate surface area is 106 Å². The van der Waals surface area contributed by atoms with E-state index in [1.165, 1.54) is 0 Å². The van der Waals surface area contributed by atoms with E-state index in [0.717, 1.165) is 0 Å². The molecule has 0 fully saturated rings. The van der Waals surface area contributed by atoms with Crippen LogP contribution in [0.3, 0.4) is 0 Å². The SMILES string of the molecule is CCCC(=O)OCOC(=O)NC[C@H](F)CS(=O)O. The first kappa shape index (κ1) is 16.8. The van der Waals surface area contributed by atoms with Crippen LogP contribution in [-0.2, 0) is 25.3 Å². The third-order valence-corrected chi connectivity index (χ3v) is 2.30. The number of carbonyl (C=O) groups is 2. The number of hydrogen-bond donors (Lipinski definition) is 2. The molecule has 0 spiro atoms. The molecule has 18 heavy (non-hydrogen) atoms. The first-order valence-electron chi connectivity index (χ1n) is 5.23. The summed E-state index contributed by atoms with van der Waals surface area (Å²) in [6.07, 6.45) is -1.77. The number of nitrogens with one attached hydrogen (secondary N) is 1. The van der Waals surface area contributed by atoms with Gasteiger partial charge in [0.05, 0.1) is 12.3 Å². The monoisotopic (exact) mass is 285 g/mol. The molecule has 2 N–H and O–H groups in total. The fourth-order valence-corrected chi connectivity index (χ4v) is 1.31. The van der Waals surface area contributed by atoms with Crippen LogP contribution in [0.15, 0.2) is 0 Å². The van der Waals surface area contributed by atoms with Gasteiger partial charge in [0, 0.05) is 6.42 Å². The fraction of sp³-hybridized carbons (Fsp3) is 0.778. The lowest BCUT2D eigenvalue weighted by Crippen LogP contribution is -2.33. The summed E-state index contributed by atoms with van der Waals surface area (Å²) in [7, 11) is 0. The summed E-state index contributed by atoms with van der Waals surface area (Å²) in [5, 5.41) is 2.02. The van der Waals surface area contributed by atoms with E-state index >= 15 is 0 Å². The van der Waals surface area contributed by atoms with E-state index in [0.29, 0.717) is 6.42 Å².